The minimum atomic E-state index is 0.396. The van der Waals surface area contributed by atoms with E-state index in [1.54, 1.807) is 0 Å². The van der Waals surface area contributed by atoms with Crippen molar-refractivity contribution in [3.8, 4) is 0 Å². The summed E-state index contributed by atoms with van der Waals surface area (Å²) in [6.45, 7) is 15.2. The van der Waals surface area contributed by atoms with E-state index in [1.807, 2.05) is 0 Å². The van der Waals surface area contributed by atoms with Crippen LogP contribution < -0.4 is 11.5 Å². The van der Waals surface area contributed by atoms with Crippen LogP contribution in [0.5, 0.6) is 0 Å². The molecule has 0 spiro atoms. The molecule has 0 radical (unpaired) electrons. The molecule has 4 N–H and O–H groups in total. The highest BCUT2D eigenvalue weighted by Crippen LogP contribution is 2.68. The molecule has 5 nitrogen and oxygen atoms in total. The van der Waals surface area contributed by atoms with Gasteiger partial charge in [0.1, 0.15) is 0 Å². The fourth-order valence-corrected chi connectivity index (χ4v) is 10.4. The monoisotopic (exact) mass is 563 g/mol. The van der Waals surface area contributed by atoms with Gasteiger partial charge in [0.2, 0.25) is 0 Å². The normalized spacial score (nSPS) is 39.9. The number of nitrogens with two attached hydrogens (primary N) is 2. The number of rotatable bonds is 17. The molecule has 4 aliphatic carbocycles. The summed E-state index contributed by atoms with van der Waals surface area (Å²) in [5.74, 6) is 4.67. The summed E-state index contributed by atoms with van der Waals surface area (Å²) in [5.41, 5.74) is 12.5. The second-order valence-electron chi connectivity index (χ2n) is 14.9. The topological polar surface area (TPSA) is 79.7 Å². The van der Waals surface area contributed by atoms with Crippen molar-refractivity contribution in [3.05, 3.63) is 0 Å². The molecule has 3 unspecified atom stereocenters. The smallest absolute Gasteiger partial charge is 0.0611 e. The first-order valence-electron chi connectivity index (χ1n) is 17.6. The molecule has 4 aliphatic rings. The van der Waals surface area contributed by atoms with Crippen molar-refractivity contribution in [2.45, 2.75) is 136 Å². The molecule has 5 heteroatoms. The van der Waals surface area contributed by atoms with Crippen molar-refractivity contribution in [2.24, 2.45) is 57.8 Å². The maximum Gasteiger partial charge on any atom is 0.0611 e. The summed E-state index contributed by atoms with van der Waals surface area (Å²) < 4.78 is 19.1. The largest absolute Gasteiger partial charge is 0.381 e. The number of hydrogen-bond acceptors (Lipinski definition) is 5. The van der Waals surface area contributed by atoms with Gasteiger partial charge in [-0.25, -0.2) is 0 Å². The van der Waals surface area contributed by atoms with E-state index < -0.39 is 0 Å². The molecule has 0 bridgehead atoms. The first-order valence-corrected chi connectivity index (χ1v) is 17.6. The van der Waals surface area contributed by atoms with Crippen molar-refractivity contribution >= 4 is 0 Å². The van der Waals surface area contributed by atoms with Crippen LogP contribution in [0.1, 0.15) is 124 Å². The Labute approximate surface area is 247 Å². The second kappa shape index (κ2) is 15.5. The van der Waals surface area contributed by atoms with Crippen molar-refractivity contribution in [2.75, 3.05) is 39.5 Å². The summed E-state index contributed by atoms with van der Waals surface area (Å²) in [6.07, 6.45) is 19.7. The summed E-state index contributed by atoms with van der Waals surface area (Å²) >= 11 is 0. The van der Waals surface area contributed by atoms with Gasteiger partial charge in [0.05, 0.1) is 12.2 Å². The van der Waals surface area contributed by atoms with Crippen molar-refractivity contribution in [1.29, 1.82) is 0 Å². The highest BCUT2D eigenvalue weighted by Gasteiger charge is 2.63. The average molecular weight is 563 g/mol. The number of hydrogen-bond donors (Lipinski definition) is 2. The number of fused-ring (bicyclic) bond motifs is 5. The van der Waals surface area contributed by atoms with Gasteiger partial charge in [-0.15, -0.1) is 0 Å². The zero-order valence-corrected chi connectivity index (χ0v) is 26.8. The van der Waals surface area contributed by atoms with Gasteiger partial charge in [-0.1, -0.05) is 40.5 Å². The third kappa shape index (κ3) is 7.29. The van der Waals surface area contributed by atoms with E-state index in [0.717, 1.165) is 76.0 Å². The highest BCUT2D eigenvalue weighted by atomic mass is 16.5. The Morgan fingerprint density at radius 1 is 0.750 bits per heavy atom. The predicted molar refractivity (Wildman–Crippen MR) is 166 cm³/mol. The van der Waals surface area contributed by atoms with Crippen LogP contribution in [-0.4, -0.2) is 51.7 Å². The summed E-state index contributed by atoms with van der Waals surface area (Å²) in [6, 6.07) is 0. The Kier molecular flexibility index (Phi) is 12.7. The maximum absolute atomic E-state index is 6.84. The Hall–Kier alpha value is -0.200. The average Bonchev–Trinajstić information content (AvgIpc) is 3.30. The SMILES string of the molecule is CCCCCOCCC[C@@H](C)[C@H]1CCC2C3[C@H](OCCCN)CC4C[C@H](OCCCN)CC[C@]4(C)[C@H]3CC[C@@]21C. The zero-order chi connectivity index (χ0) is 28.6. The molecule has 0 aromatic carbocycles. The molecule has 4 fully saturated rings. The first kappa shape index (κ1) is 32.7. The Morgan fingerprint density at radius 3 is 2.20 bits per heavy atom. The zero-order valence-electron chi connectivity index (χ0n) is 26.8. The lowest BCUT2D eigenvalue weighted by molar-refractivity contribution is -0.191. The quantitative estimate of drug-likeness (QED) is 0.181. The predicted octanol–water partition coefficient (Wildman–Crippen LogP) is 7.35. The molecule has 0 heterocycles. The molecule has 4 rings (SSSR count). The van der Waals surface area contributed by atoms with Crippen LogP contribution in [0, 0.1) is 46.3 Å². The fraction of sp³-hybridized carbons (Fsp3) is 1.00. The van der Waals surface area contributed by atoms with E-state index in [4.69, 9.17) is 25.7 Å². The van der Waals surface area contributed by atoms with Crippen LogP contribution in [0.4, 0.5) is 0 Å². The van der Waals surface area contributed by atoms with Gasteiger partial charge in [-0.3, -0.25) is 0 Å². The molecular weight excluding hydrogens is 496 g/mol. The standard InChI is InChI=1S/C35H66N2O3/c1-5-6-7-20-38-21-8-11-26(2)29-12-13-30-33-31(15-17-35(29,30)4)34(3)16-14-28(39-22-9-18-36)24-27(34)25-32(33)40-23-10-19-37/h26-33H,5-25,36-37H2,1-4H3/t26-,27?,28-,29-,30?,31+,32-,33?,34+,35-/m1/s1. The van der Waals surface area contributed by atoms with E-state index in [9.17, 15) is 0 Å². The maximum atomic E-state index is 6.84. The van der Waals surface area contributed by atoms with Gasteiger partial charge in [0.25, 0.3) is 0 Å². The Balaban J connectivity index is 1.42. The molecule has 40 heavy (non-hydrogen) atoms. The lowest BCUT2D eigenvalue weighted by Gasteiger charge is -2.63. The van der Waals surface area contributed by atoms with E-state index >= 15 is 0 Å². The van der Waals surface area contributed by atoms with Crippen LogP contribution in [0.15, 0.2) is 0 Å². The Bertz CT molecular complexity index is 735. The van der Waals surface area contributed by atoms with E-state index in [-0.39, 0.29) is 0 Å². The van der Waals surface area contributed by atoms with E-state index in [1.165, 1.54) is 83.5 Å². The Morgan fingerprint density at radius 2 is 1.45 bits per heavy atom. The first-order chi connectivity index (χ1) is 19.4. The van der Waals surface area contributed by atoms with Gasteiger partial charge in [-0.05, 0) is 143 Å². The van der Waals surface area contributed by atoms with Crippen molar-refractivity contribution < 1.29 is 14.2 Å². The molecule has 10 atom stereocenters. The van der Waals surface area contributed by atoms with Gasteiger partial charge in [0.15, 0.2) is 0 Å². The molecule has 0 amide bonds. The van der Waals surface area contributed by atoms with Gasteiger partial charge in [0, 0.05) is 26.4 Å². The molecular formula is C35H66N2O3. The molecule has 0 aromatic rings. The third-order valence-electron chi connectivity index (χ3n) is 12.6. The van der Waals surface area contributed by atoms with Crippen LogP contribution in [0.2, 0.25) is 0 Å². The third-order valence-corrected chi connectivity index (χ3v) is 12.6. The van der Waals surface area contributed by atoms with Crippen LogP contribution in [-0.2, 0) is 14.2 Å². The lowest BCUT2D eigenvalue weighted by atomic mass is 9.43. The number of ether oxygens (including phenoxy) is 3. The van der Waals surface area contributed by atoms with E-state index in [0.29, 0.717) is 34.9 Å². The number of unbranched alkanes of at least 4 members (excludes halogenated alkanes) is 2. The van der Waals surface area contributed by atoms with Gasteiger partial charge < -0.3 is 25.7 Å². The van der Waals surface area contributed by atoms with Crippen LogP contribution in [0.25, 0.3) is 0 Å². The molecule has 0 saturated heterocycles. The van der Waals surface area contributed by atoms with Crippen LogP contribution in [0.3, 0.4) is 0 Å². The fourth-order valence-electron chi connectivity index (χ4n) is 10.4. The molecule has 234 valence electrons. The van der Waals surface area contributed by atoms with Crippen molar-refractivity contribution in [1.82, 2.24) is 0 Å². The van der Waals surface area contributed by atoms with Gasteiger partial charge >= 0.3 is 0 Å². The van der Waals surface area contributed by atoms with Crippen molar-refractivity contribution in [3.63, 3.8) is 0 Å². The minimum Gasteiger partial charge on any atom is -0.381 e. The van der Waals surface area contributed by atoms with E-state index in [2.05, 4.69) is 27.7 Å². The molecule has 0 aromatic heterocycles. The highest BCUT2D eigenvalue weighted by molar-refractivity contribution is 5.12. The molecule has 0 aliphatic heterocycles. The molecule has 4 saturated carbocycles. The minimum absolute atomic E-state index is 0.396. The summed E-state index contributed by atoms with van der Waals surface area (Å²) in [7, 11) is 0. The van der Waals surface area contributed by atoms with Crippen LogP contribution >= 0.6 is 0 Å². The summed E-state index contributed by atoms with van der Waals surface area (Å²) in [5, 5.41) is 0. The van der Waals surface area contributed by atoms with Gasteiger partial charge in [-0.2, -0.15) is 0 Å². The summed E-state index contributed by atoms with van der Waals surface area (Å²) in [4.78, 5) is 0. The lowest BCUT2D eigenvalue weighted by Crippen LogP contribution is -2.59. The second-order valence-corrected chi connectivity index (χ2v) is 14.9.